The van der Waals surface area contributed by atoms with Gasteiger partial charge in [0.15, 0.2) is 0 Å². The minimum atomic E-state index is -2.48. The van der Waals surface area contributed by atoms with E-state index in [9.17, 15) is 13.6 Å². The fourth-order valence-corrected chi connectivity index (χ4v) is 2.17. The number of ether oxygens (including phenoxy) is 1. The van der Waals surface area contributed by atoms with E-state index in [1.54, 1.807) is 0 Å². The van der Waals surface area contributed by atoms with Gasteiger partial charge in [-0.2, -0.15) is 0 Å². The molecule has 0 bridgehead atoms. The van der Waals surface area contributed by atoms with Crippen molar-refractivity contribution in [3.05, 3.63) is 0 Å². The summed E-state index contributed by atoms with van der Waals surface area (Å²) in [5.41, 5.74) is 0. The van der Waals surface area contributed by atoms with Crippen LogP contribution in [0.5, 0.6) is 0 Å². The lowest BCUT2D eigenvalue weighted by Crippen LogP contribution is -2.18. The van der Waals surface area contributed by atoms with Gasteiger partial charge in [-0.3, -0.25) is 4.79 Å². The third-order valence-corrected chi connectivity index (χ3v) is 2.98. The minimum Gasteiger partial charge on any atom is -0.469 e. The molecule has 0 spiro atoms. The third kappa shape index (κ3) is 0.867. The van der Waals surface area contributed by atoms with E-state index in [1.807, 2.05) is 0 Å². The van der Waals surface area contributed by atoms with Gasteiger partial charge in [-0.25, -0.2) is 8.78 Å². The molecule has 0 aromatic heterocycles. The normalized spacial score (nSPS) is 42.1. The lowest BCUT2D eigenvalue weighted by molar-refractivity contribution is -0.146. The maximum Gasteiger partial charge on any atom is 0.308 e. The van der Waals surface area contributed by atoms with Crippen molar-refractivity contribution >= 4 is 5.97 Å². The Balaban J connectivity index is 1.94. The van der Waals surface area contributed by atoms with Crippen molar-refractivity contribution in [1.82, 2.24) is 0 Å². The molecule has 0 aromatic carbocycles. The molecule has 0 N–H and O–H groups in total. The molecule has 0 aromatic rings. The summed E-state index contributed by atoms with van der Waals surface area (Å²) >= 11 is 0. The molecule has 2 aliphatic rings. The predicted molar refractivity (Wildman–Crippen MR) is 36.7 cm³/mol. The van der Waals surface area contributed by atoms with Crippen LogP contribution in [0.2, 0.25) is 0 Å². The van der Waals surface area contributed by atoms with E-state index in [4.69, 9.17) is 0 Å². The van der Waals surface area contributed by atoms with Crippen LogP contribution < -0.4 is 0 Å². The Kier molecular flexibility index (Phi) is 1.44. The summed E-state index contributed by atoms with van der Waals surface area (Å²) in [7, 11) is 1.30. The van der Waals surface area contributed by atoms with Gasteiger partial charge in [-0.15, -0.1) is 0 Å². The molecule has 2 nitrogen and oxygen atoms in total. The molecule has 0 radical (unpaired) electrons. The average Bonchev–Trinajstić information content (AvgIpc) is 2.52. The van der Waals surface area contributed by atoms with Gasteiger partial charge in [0, 0.05) is 11.8 Å². The van der Waals surface area contributed by atoms with Crippen molar-refractivity contribution < 1.29 is 18.3 Å². The van der Waals surface area contributed by atoms with Crippen LogP contribution >= 0.6 is 0 Å². The van der Waals surface area contributed by atoms with Crippen molar-refractivity contribution in [3.8, 4) is 0 Å². The molecule has 12 heavy (non-hydrogen) atoms. The zero-order valence-corrected chi connectivity index (χ0v) is 6.72. The molecule has 2 atom stereocenters. The van der Waals surface area contributed by atoms with Gasteiger partial charge in [0.2, 0.25) is 0 Å². The molecule has 2 aliphatic carbocycles. The van der Waals surface area contributed by atoms with Crippen molar-refractivity contribution in [3.63, 3.8) is 0 Å². The standard InChI is InChI=1S/C8H10F2O2/c1-12-7(11)4-2-5-6(3-4)8(5,9)10/h4-6H,2-3H2,1H3. The Morgan fingerprint density at radius 2 is 1.92 bits per heavy atom. The molecule has 68 valence electrons. The number of esters is 1. The Morgan fingerprint density at radius 3 is 2.33 bits per heavy atom. The topological polar surface area (TPSA) is 26.3 Å². The van der Waals surface area contributed by atoms with Crippen LogP contribution in [0.15, 0.2) is 0 Å². The molecular formula is C8H10F2O2. The third-order valence-electron chi connectivity index (χ3n) is 2.98. The zero-order valence-electron chi connectivity index (χ0n) is 6.72. The second kappa shape index (κ2) is 2.18. The Hall–Kier alpha value is -0.670. The maximum atomic E-state index is 12.6. The Morgan fingerprint density at radius 1 is 1.42 bits per heavy atom. The molecule has 0 saturated heterocycles. The van der Waals surface area contributed by atoms with E-state index in [-0.39, 0.29) is 11.9 Å². The molecule has 2 fully saturated rings. The average molecular weight is 176 g/mol. The SMILES string of the molecule is COC(=O)C1CC2C(C1)C2(F)F. The smallest absolute Gasteiger partial charge is 0.308 e. The molecule has 2 saturated carbocycles. The van der Waals surface area contributed by atoms with Gasteiger partial charge in [-0.05, 0) is 12.8 Å². The number of methoxy groups -OCH3 is 1. The fraction of sp³-hybridized carbons (Fsp3) is 0.875. The van der Waals surface area contributed by atoms with Gasteiger partial charge in [0.05, 0.1) is 13.0 Å². The number of alkyl halides is 2. The molecule has 0 amide bonds. The van der Waals surface area contributed by atoms with E-state index in [1.165, 1.54) is 7.11 Å². The van der Waals surface area contributed by atoms with Gasteiger partial charge < -0.3 is 4.74 Å². The molecule has 2 unspecified atom stereocenters. The van der Waals surface area contributed by atoms with Crippen molar-refractivity contribution in [2.24, 2.45) is 17.8 Å². The van der Waals surface area contributed by atoms with Crippen LogP contribution in [0.4, 0.5) is 8.78 Å². The largest absolute Gasteiger partial charge is 0.469 e. The molecule has 0 aliphatic heterocycles. The van der Waals surface area contributed by atoms with E-state index < -0.39 is 17.8 Å². The van der Waals surface area contributed by atoms with Crippen molar-refractivity contribution in [2.75, 3.05) is 7.11 Å². The van der Waals surface area contributed by atoms with E-state index in [0.717, 1.165) is 0 Å². The summed E-state index contributed by atoms with van der Waals surface area (Å²) in [6.07, 6.45) is 0.620. The summed E-state index contributed by atoms with van der Waals surface area (Å²) in [4.78, 5) is 10.9. The Labute approximate surface area is 68.9 Å². The van der Waals surface area contributed by atoms with E-state index in [2.05, 4.69) is 4.74 Å². The fourth-order valence-electron chi connectivity index (χ4n) is 2.17. The van der Waals surface area contributed by atoms with Gasteiger partial charge >= 0.3 is 5.97 Å². The molecule has 2 rings (SSSR count). The summed E-state index contributed by atoms with van der Waals surface area (Å²) in [6.45, 7) is 0. The molecular weight excluding hydrogens is 166 g/mol. The number of rotatable bonds is 1. The number of fused-ring (bicyclic) bond motifs is 1. The number of hydrogen-bond donors (Lipinski definition) is 0. The van der Waals surface area contributed by atoms with E-state index in [0.29, 0.717) is 12.8 Å². The minimum absolute atomic E-state index is 0.273. The van der Waals surface area contributed by atoms with Crippen molar-refractivity contribution in [2.45, 2.75) is 18.8 Å². The Bertz CT molecular complexity index is 213. The number of halogens is 2. The zero-order chi connectivity index (χ0) is 8.93. The summed E-state index contributed by atoms with van der Waals surface area (Å²) in [5, 5.41) is 0. The number of carbonyl (C=O) groups excluding carboxylic acids is 1. The highest BCUT2D eigenvalue weighted by atomic mass is 19.3. The van der Waals surface area contributed by atoms with Crippen molar-refractivity contribution in [1.29, 1.82) is 0 Å². The maximum absolute atomic E-state index is 12.6. The highest BCUT2D eigenvalue weighted by Gasteiger charge is 2.72. The number of carbonyl (C=O) groups is 1. The van der Waals surface area contributed by atoms with Crippen LogP contribution in [-0.4, -0.2) is 19.0 Å². The first-order valence-corrected chi connectivity index (χ1v) is 4.03. The van der Waals surface area contributed by atoms with Crippen LogP contribution in [0.3, 0.4) is 0 Å². The number of hydrogen-bond acceptors (Lipinski definition) is 2. The molecule has 4 heteroatoms. The first-order chi connectivity index (χ1) is 5.57. The highest BCUT2D eigenvalue weighted by molar-refractivity contribution is 5.73. The van der Waals surface area contributed by atoms with Crippen LogP contribution in [0, 0.1) is 17.8 Å². The predicted octanol–water partition coefficient (Wildman–Crippen LogP) is 1.45. The second-order valence-corrected chi connectivity index (χ2v) is 3.58. The summed E-state index contributed by atoms with van der Waals surface area (Å²) in [5.74, 6) is -4.17. The second-order valence-electron chi connectivity index (χ2n) is 3.58. The first kappa shape index (κ1) is 7.95. The van der Waals surface area contributed by atoms with Gasteiger partial charge in [-0.1, -0.05) is 0 Å². The quantitative estimate of drug-likeness (QED) is 0.565. The van der Waals surface area contributed by atoms with Crippen LogP contribution in [0.25, 0.3) is 0 Å². The van der Waals surface area contributed by atoms with Gasteiger partial charge in [0.1, 0.15) is 0 Å². The van der Waals surface area contributed by atoms with Crippen LogP contribution in [0.1, 0.15) is 12.8 Å². The van der Waals surface area contributed by atoms with E-state index >= 15 is 0 Å². The summed E-state index contributed by atoms with van der Waals surface area (Å²) in [6, 6.07) is 0. The molecule has 0 heterocycles. The van der Waals surface area contributed by atoms with Crippen LogP contribution in [-0.2, 0) is 9.53 Å². The first-order valence-electron chi connectivity index (χ1n) is 4.03. The lowest BCUT2D eigenvalue weighted by atomic mass is 10.0. The highest BCUT2D eigenvalue weighted by Crippen LogP contribution is 2.65. The lowest BCUT2D eigenvalue weighted by Gasteiger charge is -2.10. The van der Waals surface area contributed by atoms with Gasteiger partial charge in [0.25, 0.3) is 5.92 Å². The summed E-state index contributed by atoms with van der Waals surface area (Å²) < 4.78 is 29.7. The monoisotopic (exact) mass is 176 g/mol.